The van der Waals surface area contributed by atoms with Crippen LogP contribution in [-0.4, -0.2) is 49.0 Å². The number of nitrogens with one attached hydrogen (secondary N) is 1. The molecule has 3 rings (SSSR count). The van der Waals surface area contributed by atoms with Crippen molar-refractivity contribution < 1.29 is 4.79 Å². The third-order valence-electron chi connectivity index (χ3n) is 5.14. The van der Waals surface area contributed by atoms with Crippen molar-refractivity contribution in [2.24, 2.45) is 0 Å². The number of nitrogens with zero attached hydrogens (tertiary/aromatic N) is 3. The van der Waals surface area contributed by atoms with Gasteiger partial charge in [0, 0.05) is 45.3 Å². The van der Waals surface area contributed by atoms with Crippen LogP contribution in [0, 0.1) is 0 Å². The van der Waals surface area contributed by atoms with E-state index in [9.17, 15) is 4.79 Å². The van der Waals surface area contributed by atoms with Crippen LogP contribution in [0.3, 0.4) is 0 Å². The molecule has 28 heavy (non-hydrogen) atoms. The van der Waals surface area contributed by atoms with Gasteiger partial charge in [0.15, 0.2) is 5.11 Å². The van der Waals surface area contributed by atoms with Gasteiger partial charge in [-0.05, 0) is 49.0 Å². The molecule has 1 aliphatic rings. The van der Waals surface area contributed by atoms with Gasteiger partial charge in [0.2, 0.25) is 0 Å². The first-order valence-corrected chi connectivity index (χ1v) is 9.57. The summed E-state index contributed by atoms with van der Waals surface area (Å²) in [6.45, 7) is 1.94. The zero-order valence-corrected chi connectivity index (χ0v) is 17.7. The van der Waals surface area contributed by atoms with Crippen molar-refractivity contribution in [3.8, 4) is 0 Å². The summed E-state index contributed by atoms with van der Waals surface area (Å²) < 4.78 is 0. The largest absolute Gasteiger partial charge is 0.378 e. The lowest BCUT2D eigenvalue weighted by Gasteiger charge is -2.42. The molecule has 2 aromatic carbocycles. The highest BCUT2D eigenvalue weighted by Crippen LogP contribution is 2.36. The van der Waals surface area contributed by atoms with E-state index in [1.54, 1.807) is 0 Å². The molecule has 0 aliphatic carbocycles. The normalized spacial score (nSPS) is 17.0. The Balaban J connectivity index is 2.03. The predicted molar refractivity (Wildman–Crippen MR) is 119 cm³/mol. The number of carbonyl (C=O) groups is 1. The van der Waals surface area contributed by atoms with Crippen molar-refractivity contribution in [3.63, 3.8) is 0 Å². The minimum absolute atomic E-state index is 0.119. The van der Waals surface area contributed by atoms with Crippen LogP contribution in [0.2, 0.25) is 0 Å². The maximum Gasteiger partial charge on any atom is 0.255 e. The summed E-state index contributed by atoms with van der Waals surface area (Å²) in [5.74, 6) is -0.119. The summed E-state index contributed by atoms with van der Waals surface area (Å²) in [5.41, 5.74) is 4.46. The van der Waals surface area contributed by atoms with Crippen LogP contribution in [-0.2, 0) is 4.79 Å². The van der Waals surface area contributed by atoms with E-state index >= 15 is 0 Å². The quantitative estimate of drug-likeness (QED) is 0.797. The molecule has 6 heteroatoms. The molecule has 0 aromatic heterocycles. The average molecular weight is 395 g/mol. The molecule has 146 valence electrons. The number of hydrogen-bond acceptors (Lipinski definition) is 3. The zero-order chi connectivity index (χ0) is 20.4. The van der Waals surface area contributed by atoms with Crippen molar-refractivity contribution in [2.45, 2.75) is 13.0 Å². The van der Waals surface area contributed by atoms with E-state index in [4.69, 9.17) is 12.2 Å². The van der Waals surface area contributed by atoms with Gasteiger partial charge in [0.1, 0.15) is 0 Å². The van der Waals surface area contributed by atoms with Crippen LogP contribution < -0.4 is 10.2 Å². The fourth-order valence-corrected chi connectivity index (χ4v) is 3.66. The van der Waals surface area contributed by atoms with E-state index in [1.165, 1.54) is 0 Å². The van der Waals surface area contributed by atoms with Gasteiger partial charge in [0.05, 0.1) is 11.6 Å². The van der Waals surface area contributed by atoms with Crippen molar-refractivity contribution in [2.75, 3.05) is 38.4 Å². The number of benzene rings is 2. The Morgan fingerprint density at radius 2 is 1.64 bits per heavy atom. The van der Waals surface area contributed by atoms with E-state index in [2.05, 4.69) is 34.5 Å². The Labute approximate surface area is 172 Å². The van der Waals surface area contributed by atoms with Crippen molar-refractivity contribution >= 4 is 34.6 Å². The maximum atomic E-state index is 13.3. The summed E-state index contributed by atoms with van der Waals surface area (Å²) in [5, 5.41) is 3.72. The fraction of sp³-hybridized carbons (Fsp3) is 0.273. The predicted octanol–water partition coefficient (Wildman–Crippen LogP) is 3.87. The van der Waals surface area contributed by atoms with Crippen LogP contribution in [0.25, 0.3) is 0 Å². The van der Waals surface area contributed by atoms with Crippen molar-refractivity contribution in [1.82, 2.24) is 9.80 Å². The van der Waals surface area contributed by atoms with Crippen LogP contribution in [0.15, 0.2) is 65.9 Å². The minimum Gasteiger partial charge on any atom is -0.378 e. The number of carbonyl (C=O) groups excluding carboxylic acids is 1. The van der Waals surface area contributed by atoms with E-state index in [-0.39, 0.29) is 11.9 Å². The third-order valence-corrected chi connectivity index (χ3v) is 5.71. The molecule has 0 saturated heterocycles. The number of para-hydroxylation sites is 1. The van der Waals surface area contributed by atoms with Gasteiger partial charge in [-0.15, -0.1) is 0 Å². The van der Waals surface area contributed by atoms with E-state index < -0.39 is 0 Å². The maximum absolute atomic E-state index is 13.3. The molecule has 1 amide bonds. The smallest absolute Gasteiger partial charge is 0.255 e. The first kappa shape index (κ1) is 19.9. The molecular formula is C22H26N4OS. The summed E-state index contributed by atoms with van der Waals surface area (Å²) in [6, 6.07) is 17.5. The monoisotopic (exact) mass is 394 g/mol. The third kappa shape index (κ3) is 3.73. The fourth-order valence-electron chi connectivity index (χ4n) is 3.42. The Morgan fingerprint density at radius 1 is 1.04 bits per heavy atom. The Kier molecular flexibility index (Phi) is 5.70. The molecule has 1 heterocycles. The molecule has 0 saturated carbocycles. The Hall–Kier alpha value is -2.86. The lowest BCUT2D eigenvalue weighted by Crippen LogP contribution is -2.47. The highest BCUT2D eigenvalue weighted by Gasteiger charge is 2.36. The molecule has 1 N–H and O–H groups in total. The van der Waals surface area contributed by atoms with Gasteiger partial charge in [-0.3, -0.25) is 4.79 Å². The van der Waals surface area contributed by atoms with Crippen LogP contribution in [0.5, 0.6) is 0 Å². The second kappa shape index (κ2) is 8.02. The molecule has 5 nitrogen and oxygen atoms in total. The molecule has 0 fully saturated rings. The van der Waals surface area contributed by atoms with E-state index in [0.717, 1.165) is 22.6 Å². The second-order valence-electron chi connectivity index (χ2n) is 7.16. The minimum atomic E-state index is -0.247. The van der Waals surface area contributed by atoms with Crippen molar-refractivity contribution in [3.05, 3.63) is 71.4 Å². The van der Waals surface area contributed by atoms with E-state index in [0.29, 0.717) is 10.7 Å². The molecule has 1 aliphatic heterocycles. The number of thiocarbonyl (C=S) groups is 1. The highest BCUT2D eigenvalue weighted by molar-refractivity contribution is 7.80. The van der Waals surface area contributed by atoms with Gasteiger partial charge in [-0.2, -0.15) is 0 Å². The van der Waals surface area contributed by atoms with Crippen molar-refractivity contribution in [1.29, 1.82) is 0 Å². The lowest BCUT2D eigenvalue weighted by molar-refractivity contribution is -0.113. The first-order valence-electron chi connectivity index (χ1n) is 9.16. The van der Waals surface area contributed by atoms with Crippen LogP contribution in [0.1, 0.15) is 18.5 Å². The average Bonchev–Trinajstić information content (AvgIpc) is 2.69. The summed E-state index contributed by atoms with van der Waals surface area (Å²) in [7, 11) is 7.85. The summed E-state index contributed by atoms with van der Waals surface area (Å²) in [6.07, 6.45) is 0. The van der Waals surface area contributed by atoms with Gasteiger partial charge in [0.25, 0.3) is 5.91 Å². The molecule has 0 spiro atoms. The molecule has 0 unspecified atom stereocenters. The number of rotatable bonds is 4. The zero-order valence-electron chi connectivity index (χ0n) is 16.9. The topological polar surface area (TPSA) is 38.8 Å². The molecule has 0 radical (unpaired) electrons. The first-order chi connectivity index (χ1) is 13.3. The molecule has 0 bridgehead atoms. The highest BCUT2D eigenvalue weighted by atomic mass is 32.1. The SMILES string of the molecule is CC1=C(C(=O)Nc2ccccc2)[C@H](c2ccc(N(C)C)cc2)N(C)C(=S)N1C. The number of anilines is 2. The summed E-state index contributed by atoms with van der Waals surface area (Å²) >= 11 is 5.62. The van der Waals surface area contributed by atoms with Gasteiger partial charge in [-0.1, -0.05) is 30.3 Å². The van der Waals surface area contributed by atoms with Gasteiger partial charge in [-0.25, -0.2) is 0 Å². The number of hydrogen-bond donors (Lipinski definition) is 1. The van der Waals surface area contributed by atoms with Gasteiger partial charge < -0.3 is 20.0 Å². The molecular weight excluding hydrogens is 368 g/mol. The van der Waals surface area contributed by atoms with E-state index in [1.807, 2.05) is 75.2 Å². The molecule has 1 atom stereocenters. The van der Waals surface area contributed by atoms with Crippen LogP contribution >= 0.6 is 12.2 Å². The lowest BCUT2D eigenvalue weighted by atomic mass is 9.93. The standard InChI is InChI=1S/C22H26N4OS/c1-15-19(21(27)23-17-9-7-6-8-10-17)20(26(5)22(28)25(15)4)16-11-13-18(14-12-16)24(2)3/h6-14,20H,1-5H3,(H,23,27)/t20-/m0/s1. The summed E-state index contributed by atoms with van der Waals surface area (Å²) in [4.78, 5) is 19.2. The molecule has 2 aromatic rings. The van der Waals surface area contributed by atoms with Crippen LogP contribution in [0.4, 0.5) is 11.4 Å². The number of amides is 1. The Morgan fingerprint density at radius 3 is 2.21 bits per heavy atom. The number of allylic oxidation sites excluding steroid dienone is 1. The number of likely N-dealkylation sites (N-methyl/N-ethyl adjacent to an activating group) is 1. The Bertz CT molecular complexity index is 906. The van der Waals surface area contributed by atoms with Gasteiger partial charge >= 0.3 is 0 Å². The second-order valence-corrected chi connectivity index (χ2v) is 7.53.